The van der Waals surface area contributed by atoms with Gasteiger partial charge in [-0.2, -0.15) is 0 Å². The summed E-state index contributed by atoms with van der Waals surface area (Å²) in [6, 6.07) is 0. The maximum absolute atomic E-state index is 12.8. The zero-order valence-electron chi connectivity index (χ0n) is 18.5. The molecule has 0 spiro atoms. The summed E-state index contributed by atoms with van der Waals surface area (Å²) in [5.74, 6) is 0.910. The van der Waals surface area contributed by atoms with Crippen molar-refractivity contribution in [2.24, 2.45) is 22.2 Å². The molecule has 0 heterocycles. The minimum atomic E-state index is -0.308. The highest BCUT2D eigenvalue weighted by atomic mass is 16.2. The van der Waals surface area contributed by atoms with Crippen LogP contribution in [0.25, 0.3) is 0 Å². The highest BCUT2D eigenvalue weighted by molar-refractivity contribution is 5.82. The van der Waals surface area contributed by atoms with Crippen molar-refractivity contribution in [3.8, 4) is 0 Å². The third-order valence-electron chi connectivity index (χ3n) is 4.95. The summed E-state index contributed by atoms with van der Waals surface area (Å²) in [4.78, 5) is 12.8. The van der Waals surface area contributed by atoms with Crippen LogP contribution in [0, 0.1) is 22.2 Å². The number of amides is 1. The molecule has 0 bridgehead atoms. The van der Waals surface area contributed by atoms with E-state index in [0.717, 1.165) is 25.7 Å². The molecule has 0 saturated carbocycles. The average molecular weight is 340 g/mol. The quantitative estimate of drug-likeness (QED) is 0.504. The van der Waals surface area contributed by atoms with Gasteiger partial charge in [-0.15, -0.1) is 0 Å². The molecule has 0 saturated heterocycles. The number of carbonyl (C=O) groups excluding carboxylic acids is 1. The molecular weight excluding hydrogens is 294 g/mol. The van der Waals surface area contributed by atoms with E-state index in [0.29, 0.717) is 11.3 Å². The van der Waals surface area contributed by atoms with Crippen molar-refractivity contribution in [1.29, 1.82) is 0 Å². The Labute approximate surface area is 152 Å². The average Bonchev–Trinajstić information content (AvgIpc) is 2.32. The van der Waals surface area contributed by atoms with Crippen LogP contribution < -0.4 is 5.32 Å². The molecule has 2 nitrogen and oxygen atoms in total. The molecule has 0 fully saturated rings. The van der Waals surface area contributed by atoms with Gasteiger partial charge in [0.25, 0.3) is 0 Å². The van der Waals surface area contributed by atoms with Gasteiger partial charge in [-0.05, 0) is 62.7 Å². The van der Waals surface area contributed by atoms with Crippen LogP contribution in [0.3, 0.4) is 0 Å². The highest BCUT2D eigenvalue weighted by Crippen LogP contribution is 2.34. The summed E-state index contributed by atoms with van der Waals surface area (Å²) >= 11 is 0. The largest absolute Gasteiger partial charge is 0.351 e. The lowest BCUT2D eigenvalue weighted by atomic mass is 9.76. The Morgan fingerprint density at radius 1 is 0.792 bits per heavy atom. The molecule has 1 amide bonds. The molecule has 24 heavy (non-hydrogen) atoms. The summed E-state index contributed by atoms with van der Waals surface area (Å²) in [6.45, 7) is 24.5. The van der Waals surface area contributed by atoms with E-state index in [1.807, 2.05) is 0 Å². The zero-order chi connectivity index (χ0) is 19.4. The monoisotopic (exact) mass is 339 g/mol. The van der Waals surface area contributed by atoms with Gasteiger partial charge in [0.2, 0.25) is 5.91 Å². The second kappa shape index (κ2) is 8.23. The van der Waals surface area contributed by atoms with Crippen LogP contribution in [-0.2, 0) is 4.79 Å². The van der Waals surface area contributed by atoms with Gasteiger partial charge in [-0.25, -0.2) is 0 Å². The van der Waals surface area contributed by atoms with Crippen molar-refractivity contribution in [2.75, 3.05) is 0 Å². The van der Waals surface area contributed by atoms with Crippen molar-refractivity contribution in [3.05, 3.63) is 0 Å². The van der Waals surface area contributed by atoms with Crippen LogP contribution in [0.4, 0.5) is 0 Å². The molecule has 0 rings (SSSR count). The molecule has 1 N–H and O–H groups in total. The highest BCUT2D eigenvalue weighted by Gasteiger charge is 2.33. The lowest BCUT2D eigenvalue weighted by Gasteiger charge is -2.36. The van der Waals surface area contributed by atoms with E-state index in [4.69, 9.17) is 0 Å². The van der Waals surface area contributed by atoms with Gasteiger partial charge in [0.15, 0.2) is 0 Å². The molecule has 0 radical (unpaired) electrons. The van der Waals surface area contributed by atoms with Gasteiger partial charge in [-0.3, -0.25) is 4.79 Å². The summed E-state index contributed by atoms with van der Waals surface area (Å²) in [7, 11) is 0. The van der Waals surface area contributed by atoms with Crippen molar-refractivity contribution in [1.82, 2.24) is 5.32 Å². The Balaban J connectivity index is 4.64. The number of hydrogen-bond acceptors (Lipinski definition) is 1. The van der Waals surface area contributed by atoms with E-state index in [9.17, 15) is 4.79 Å². The van der Waals surface area contributed by atoms with Crippen LogP contribution in [0.5, 0.6) is 0 Å². The summed E-state index contributed by atoms with van der Waals surface area (Å²) in [5, 5.41) is 3.32. The van der Waals surface area contributed by atoms with Crippen molar-refractivity contribution in [3.63, 3.8) is 0 Å². The van der Waals surface area contributed by atoms with Crippen LogP contribution in [0.1, 0.15) is 108 Å². The predicted molar refractivity (Wildman–Crippen MR) is 107 cm³/mol. The third-order valence-corrected chi connectivity index (χ3v) is 4.95. The molecule has 0 aliphatic heterocycles. The topological polar surface area (TPSA) is 29.1 Å². The first kappa shape index (κ1) is 23.5. The Morgan fingerprint density at radius 3 is 1.71 bits per heavy atom. The van der Waals surface area contributed by atoms with E-state index in [-0.39, 0.29) is 22.3 Å². The Morgan fingerprint density at radius 2 is 1.29 bits per heavy atom. The van der Waals surface area contributed by atoms with E-state index < -0.39 is 0 Å². The molecule has 0 aromatic carbocycles. The molecular formula is C22H45NO. The fourth-order valence-electron chi connectivity index (χ4n) is 3.20. The standard InChI is InChI=1S/C22H45NO/c1-17(2)16-20(6,7)13-15-22(10,11)23-18(24)21(8,9)14-12-19(3,4)5/h17H,12-16H2,1-11H3,(H,23,24). The smallest absolute Gasteiger partial charge is 0.226 e. The van der Waals surface area contributed by atoms with Crippen molar-refractivity contribution in [2.45, 2.75) is 114 Å². The van der Waals surface area contributed by atoms with Gasteiger partial charge >= 0.3 is 0 Å². The fourth-order valence-corrected chi connectivity index (χ4v) is 3.20. The zero-order valence-corrected chi connectivity index (χ0v) is 18.5. The number of nitrogens with one attached hydrogen (secondary N) is 1. The maximum Gasteiger partial charge on any atom is 0.226 e. The van der Waals surface area contributed by atoms with E-state index >= 15 is 0 Å². The van der Waals surface area contributed by atoms with Gasteiger partial charge < -0.3 is 5.32 Å². The van der Waals surface area contributed by atoms with Gasteiger partial charge in [0, 0.05) is 11.0 Å². The third kappa shape index (κ3) is 10.4. The number of carbonyl (C=O) groups is 1. The van der Waals surface area contributed by atoms with Crippen molar-refractivity contribution < 1.29 is 4.79 Å². The molecule has 0 unspecified atom stereocenters. The molecule has 0 aromatic heterocycles. The Kier molecular flexibility index (Phi) is 8.05. The maximum atomic E-state index is 12.8. The lowest BCUT2D eigenvalue weighted by molar-refractivity contribution is -0.131. The summed E-state index contributed by atoms with van der Waals surface area (Å²) in [5.41, 5.74) is 0.147. The van der Waals surface area contributed by atoms with E-state index in [2.05, 4.69) is 81.5 Å². The van der Waals surface area contributed by atoms with Crippen molar-refractivity contribution >= 4 is 5.91 Å². The molecule has 0 atom stereocenters. The normalized spacial score (nSPS) is 14.2. The number of rotatable bonds is 9. The van der Waals surface area contributed by atoms with Crippen LogP contribution in [0.15, 0.2) is 0 Å². The van der Waals surface area contributed by atoms with Crippen LogP contribution in [0.2, 0.25) is 0 Å². The van der Waals surface area contributed by atoms with E-state index in [1.54, 1.807) is 0 Å². The second-order valence-corrected chi connectivity index (χ2v) is 11.5. The molecule has 0 aliphatic rings. The summed E-state index contributed by atoms with van der Waals surface area (Å²) in [6.07, 6.45) is 5.38. The second-order valence-electron chi connectivity index (χ2n) is 11.5. The first-order valence-corrected chi connectivity index (χ1v) is 9.78. The summed E-state index contributed by atoms with van der Waals surface area (Å²) < 4.78 is 0. The predicted octanol–water partition coefficient (Wildman–Crippen LogP) is 6.59. The Hall–Kier alpha value is -0.530. The first-order valence-electron chi connectivity index (χ1n) is 9.78. The van der Waals surface area contributed by atoms with E-state index in [1.165, 1.54) is 6.42 Å². The van der Waals surface area contributed by atoms with Gasteiger partial charge in [0.05, 0.1) is 0 Å². The van der Waals surface area contributed by atoms with Crippen LogP contribution >= 0.6 is 0 Å². The minimum absolute atomic E-state index is 0.148. The van der Waals surface area contributed by atoms with Crippen LogP contribution in [-0.4, -0.2) is 11.4 Å². The van der Waals surface area contributed by atoms with Gasteiger partial charge in [0.1, 0.15) is 0 Å². The Bertz CT molecular complexity index is 397. The first-order chi connectivity index (χ1) is 10.5. The SMILES string of the molecule is CC(C)CC(C)(C)CCC(C)(C)NC(=O)C(C)(C)CCC(C)(C)C. The number of hydrogen-bond donors (Lipinski definition) is 1. The molecule has 0 aliphatic carbocycles. The molecule has 0 aromatic rings. The fraction of sp³-hybridized carbons (Fsp3) is 0.955. The lowest BCUT2D eigenvalue weighted by Crippen LogP contribution is -2.49. The molecule has 2 heteroatoms. The minimum Gasteiger partial charge on any atom is -0.351 e. The molecule has 144 valence electrons. The van der Waals surface area contributed by atoms with Gasteiger partial charge in [-0.1, -0.05) is 62.3 Å².